The van der Waals surface area contributed by atoms with E-state index in [1.807, 2.05) is 49.4 Å². The van der Waals surface area contributed by atoms with Crippen molar-refractivity contribution in [3.8, 4) is 16.9 Å². The lowest BCUT2D eigenvalue weighted by Gasteiger charge is -2.13. The first-order valence-corrected chi connectivity index (χ1v) is 8.67. The molecule has 0 aliphatic heterocycles. The summed E-state index contributed by atoms with van der Waals surface area (Å²) in [6.07, 6.45) is 0. The summed E-state index contributed by atoms with van der Waals surface area (Å²) in [5, 5.41) is 8.23. The Bertz CT molecular complexity index is 876. The molecule has 1 atom stereocenters. The molecule has 3 rings (SSSR count). The monoisotopic (exact) mass is 369 g/mol. The number of halogens is 1. The van der Waals surface area contributed by atoms with Crippen LogP contribution in [0.1, 0.15) is 17.4 Å². The number of para-hydroxylation sites is 1. The van der Waals surface area contributed by atoms with Gasteiger partial charge < -0.3 is 10.1 Å². The zero-order valence-corrected chi connectivity index (χ0v) is 15.4. The second-order valence-corrected chi connectivity index (χ2v) is 6.44. The van der Waals surface area contributed by atoms with E-state index in [-0.39, 0.29) is 11.9 Å². The van der Waals surface area contributed by atoms with Crippen molar-refractivity contribution in [3.63, 3.8) is 0 Å². The van der Waals surface area contributed by atoms with Gasteiger partial charge in [-0.05, 0) is 37.3 Å². The van der Waals surface area contributed by atoms with E-state index in [0.717, 1.165) is 11.3 Å². The quantitative estimate of drug-likeness (QED) is 0.715. The smallest absolute Gasteiger partial charge is 0.270 e. The average molecular weight is 370 g/mol. The molecule has 1 unspecified atom stereocenters. The molecule has 0 aliphatic carbocycles. The lowest BCUT2D eigenvalue weighted by Crippen LogP contribution is -2.36. The number of methoxy groups -OCH3 is 1. The number of hydrogen-bond acceptors (Lipinski definition) is 3. The first kappa shape index (κ1) is 18.2. The molecule has 0 spiro atoms. The molecule has 0 saturated carbocycles. The summed E-state index contributed by atoms with van der Waals surface area (Å²) in [4.78, 5) is 12.8. The topological polar surface area (TPSA) is 56.1 Å². The Morgan fingerprint density at radius 1 is 1.19 bits per heavy atom. The predicted molar refractivity (Wildman–Crippen MR) is 103 cm³/mol. The van der Waals surface area contributed by atoms with Crippen molar-refractivity contribution in [2.45, 2.75) is 13.0 Å². The molecule has 1 amide bonds. The Balaban J connectivity index is 2.00. The van der Waals surface area contributed by atoms with E-state index < -0.39 is 0 Å². The molecule has 1 aromatic heterocycles. The first-order chi connectivity index (χ1) is 12.6. The van der Waals surface area contributed by atoms with Crippen molar-refractivity contribution in [2.24, 2.45) is 0 Å². The SMILES string of the molecule is COCC(C)NC(=O)c1cc(-c2ccc(Cl)cc2)nn1-c1ccccc1. The van der Waals surface area contributed by atoms with Crippen LogP contribution < -0.4 is 5.32 Å². The molecule has 1 N–H and O–H groups in total. The van der Waals surface area contributed by atoms with Crippen molar-refractivity contribution >= 4 is 17.5 Å². The van der Waals surface area contributed by atoms with Crippen LogP contribution in [0.4, 0.5) is 0 Å². The average Bonchev–Trinajstić information content (AvgIpc) is 3.09. The molecular formula is C20H20ClN3O2. The highest BCUT2D eigenvalue weighted by atomic mass is 35.5. The number of rotatable bonds is 6. The summed E-state index contributed by atoms with van der Waals surface area (Å²) < 4.78 is 6.74. The first-order valence-electron chi connectivity index (χ1n) is 8.29. The van der Waals surface area contributed by atoms with Crippen LogP contribution >= 0.6 is 11.6 Å². The summed E-state index contributed by atoms with van der Waals surface area (Å²) in [6, 6.07) is 18.6. The van der Waals surface area contributed by atoms with Crippen molar-refractivity contribution in [2.75, 3.05) is 13.7 Å². The molecule has 6 heteroatoms. The van der Waals surface area contributed by atoms with E-state index in [1.165, 1.54) is 0 Å². The molecule has 0 bridgehead atoms. The van der Waals surface area contributed by atoms with E-state index in [2.05, 4.69) is 10.4 Å². The van der Waals surface area contributed by atoms with Crippen LogP contribution in [0.2, 0.25) is 5.02 Å². The summed E-state index contributed by atoms with van der Waals surface area (Å²) in [6.45, 7) is 2.33. The van der Waals surface area contributed by atoms with Gasteiger partial charge in [-0.2, -0.15) is 5.10 Å². The molecule has 5 nitrogen and oxygen atoms in total. The number of benzene rings is 2. The number of nitrogens with zero attached hydrogens (tertiary/aromatic N) is 2. The summed E-state index contributed by atoms with van der Waals surface area (Å²) in [7, 11) is 1.61. The molecule has 1 heterocycles. The predicted octanol–water partition coefficient (Wildman–Crippen LogP) is 3.96. The lowest BCUT2D eigenvalue weighted by atomic mass is 10.1. The van der Waals surface area contributed by atoms with Crippen LogP contribution in [-0.2, 0) is 4.74 Å². The fraction of sp³-hybridized carbons (Fsp3) is 0.200. The number of aromatic nitrogens is 2. The van der Waals surface area contributed by atoms with Gasteiger partial charge in [0.1, 0.15) is 5.69 Å². The molecular weight excluding hydrogens is 350 g/mol. The largest absolute Gasteiger partial charge is 0.383 e. The van der Waals surface area contributed by atoms with Crippen LogP contribution in [0.3, 0.4) is 0 Å². The third kappa shape index (κ3) is 4.12. The zero-order chi connectivity index (χ0) is 18.5. The second kappa shape index (κ2) is 8.17. The van der Waals surface area contributed by atoms with Crippen LogP contribution in [0, 0.1) is 0 Å². The van der Waals surface area contributed by atoms with Gasteiger partial charge in [0.15, 0.2) is 0 Å². The number of ether oxygens (including phenoxy) is 1. The van der Waals surface area contributed by atoms with E-state index in [4.69, 9.17) is 16.3 Å². The number of amides is 1. The van der Waals surface area contributed by atoms with Crippen molar-refractivity contribution in [1.29, 1.82) is 0 Å². The zero-order valence-electron chi connectivity index (χ0n) is 14.6. The maximum absolute atomic E-state index is 12.8. The minimum Gasteiger partial charge on any atom is -0.383 e. The summed E-state index contributed by atoms with van der Waals surface area (Å²) in [5.74, 6) is -0.203. The Hall–Kier alpha value is -2.63. The normalized spacial score (nSPS) is 12.0. The fourth-order valence-electron chi connectivity index (χ4n) is 2.66. The minimum atomic E-state index is -0.203. The standard InChI is InChI=1S/C20H20ClN3O2/c1-14(13-26-2)22-20(25)19-12-18(15-8-10-16(21)11-9-15)23-24(19)17-6-4-3-5-7-17/h3-12,14H,13H2,1-2H3,(H,22,25). The number of hydrogen-bond donors (Lipinski definition) is 1. The maximum Gasteiger partial charge on any atom is 0.270 e. The van der Waals surface area contributed by atoms with Gasteiger partial charge in [-0.1, -0.05) is 41.9 Å². The number of carbonyl (C=O) groups is 1. The highest BCUT2D eigenvalue weighted by molar-refractivity contribution is 6.30. The van der Waals surface area contributed by atoms with E-state index in [1.54, 1.807) is 30.0 Å². The van der Waals surface area contributed by atoms with E-state index in [9.17, 15) is 4.79 Å². The van der Waals surface area contributed by atoms with Crippen molar-refractivity contribution < 1.29 is 9.53 Å². The van der Waals surface area contributed by atoms with Gasteiger partial charge in [0.2, 0.25) is 0 Å². The lowest BCUT2D eigenvalue weighted by molar-refractivity contribution is 0.0898. The van der Waals surface area contributed by atoms with Gasteiger partial charge in [-0.15, -0.1) is 0 Å². The van der Waals surface area contributed by atoms with Gasteiger partial charge in [-0.25, -0.2) is 4.68 Å². The van der Waals surface area contributed by atoms with Crippen LogP contribution in [0.25, 0.3) is 16.9 Å². The second-order valence-electron chi connectivity index (χ2n) is 6.00. The minimum absolute atomic E-state index is 0.106. The molecule has 2 aromatic carbocycles. The summed E-state index contributed by atoms with van der Waals surface area (Å²) >= 11 is 5.97. The van der Waals surface area contributed by atoms with E-state index >= 15 is 0 Å². The molecule has 0 saturated heterocycles. The van der Waals surface area contributed by atoms with Crippen LogP contribution in [0.5, 0.6) is 0 Å². The van der Waals surface area contributed by atoms with Gasteiger partial charge >= 0.3 is 0 Å². The molecule has 0 fully saturated rings. The van der Waals surface area contributed by atoms with Crippen molar-refractivity contribution in [1.82, 2.24) is 15.1 Å². The van der Waals surface area contributed by atoms with Crippen LogP contribution in [-0.4, -0.2) is 35.4 Å². The Morgan fingerprint density at radius 3 is 2.54 bits per heavy atom. The molecule has 26 heavy (non-hydrogen) atoms. The fourth-order valence-corrected chi connectivity index (χ4v) is 2.79. The van der Waals surface area contributed by atoms with Crippen LogP contribution in [0.15, 0.2) is 60.7 Å². The Kier molecular flexibility index (Phi) is 5.71. The highest BCUT2D eigenvalue weighted by Crippen LogP contribution is 2.23. The van der Waals surface area contributed by atoms with Crippen molar-refractivity contribution in [3.05, 3.63) is 71.4 Å². The van der Waals surface area contributed by atoms with Gasteiger partial charge in [0.05, 0.1) is 18.0 Å². The summed E-state index contributed by atoms with van der Waals surface area (Å²) in [5.41, 5.74) is 2.87. The molecule has 134 valence electrons. The van der Waals surface area contributed by atoms with Gasteiger partial charge in [-0.3, -0.25) is 4.79 Å². The highest BCUT2D eigenvalue weighted by Gasteiger charge is 2.19. The Labute approximate surface area is 157 Å². The van der Waals surface area contributed by atoms with Gasteiger partial charge in [0.25, 0.3) is 5.91 Å². The number of carbonyl (C=O) groups excluding carboxylic acids is 1. The molecule has 0 aliphatic rings. The van der Waals surface area contributed by atoms with Gasteiger partial charge in [0, 0.05) is 23.7 Å². The van der Waals surface area contributed by atoms with E-state index in [0.29, 0.717) is 23.0 Å². The third-order valence-corrected chi connectivity index (χ3v) is 4.13. The maximum atomic E-state index is 12.8. The molecule has 0 radical (unpaired) electrons. The number of nitrogens with one attached hydrogen (secondary N) is 1. The third-order valence-electron chi connectivity index (χ3n) is 3.88. The Morgan fingerprint density at radius 2 is 1.88 bits per heavy atom. The molecule has 3 aromatic rings.